The van der Waals surface area contributed by atoms with Crippen molar-refractivity contribution < 1.29 is 4.79 Å². The molecule has 1 rings (SSSR count). The minimum absolute atomic E-state index is 0.179. The molecule has 3 heteroatoms. The molecule has 0 saturated heterocycles. The van der Waals surface area contributed by atoms with Gasteiger partial charge in [0, 0.05) is 24.3 Å². The quantitative estimate of drug-likeness (QED) is 0.520. The van der Waals surface area contributed by atoms with Crippen LogP contribution in [0, 0.1) is 5.41 Å². The Bertz CT molecular complexity index is 237. The Morgan fingerprint density at radius 2 is 1.89 bits per heavy atom. The van der Waals surface area contributed by atoms with E-state index in [0.29, 0.717) is 12.3 Å². The number of alkyl halides is 1. The molecule has 2 nitrogen and oxygen atoms in total. The number of amides is 1. The molecule has 0 atom stereocenters. The van der Waals surface area contributed by atoms with E-state index < -0.39 is 0 Å². The van der Waals surface area contributed by atoms with Crippen molar-refractivity contribution in [1.29, 1.82) is 0 Å². The standard InChI is InChI=1S/C15H28ClNO/c1-2-3-4-6-9-14(18)17-13-15(12-16)10-7-5-8-11-15/h2-13H2,1H3,(H,17,18). The van der Waals surface area contributed by atoms with Crippen LogP contribution in [0.25, 0.3) is 0 Å². The molecule has 1 aliphatic carbocycles. The fourth-order valence-electron chi connectivity index (χ4n) is 2.75. The molecule has 1 N–H and O–H groups in total. The molecule has 0 radical (unpaired) electrons. The van der Waals surface area contributed by atoms with Crippen LogP contribution in [0.15, 0.2) is 0 Å². The second-order valence-electron chi connectivity index (χ2n) is 5.78. The third-order valence-electron chi connectivity index (χ3n) is 4.12. The number of carbonyl (C=O) groups is 1. The van der Waals surface area contributed by atoms with Gasteiger partial charge in [-0.3, -0.25) is 4.79 Å². The maximum Gasteiger partial charge on any atom is 0.220 e. The SMILES string of the molecule is CCCCCCC(=O)NCC1(CCl)CCCCC1. The summed E-state index contributed by atoms with van der Waals surface area (Å²) in [6.45, 7) is 2.97. The lowest BCUT2D eigenvalue weighted by atomic mass is 9.75. The Kier molecular flexibility index (Phi) is 7.73. The smallest absolute Gasteiger partial charge is 0.220 e. The number of halogens is 1. The molecule has 1 saturated carbocycles. The van der Waals surface area contributed by atoms with Crippen molar-refractivity contribution >= 4 is 17.5 Å². The molecular weight excluding hydrogens is 246 g/mol. The number of nitrogens with one attached hydrogen (secondary N) is 1. The van der Waals surface area contributed by atoms with E-state index in [2.05, 4.69) is 12.2 Å². The van der Waals surface area contributed by atoms with Crippen LogP contribution in [0.5, 0.6) is 0 Å². The number of unbranched alkanes of at least 4 members (excludes halogenated alkanes) is 3. The average Bonchev–Trinajstić information content (AvgIpc) is 2.42. The number of hydrogen-bond acceptors (Lipinski definition) is 1. The first kappa shape index (κ1) is 15.8. The van der Waals surface area contributed by atoms with Gasteiger partial charge in [0.1, 0.15) is 0 Å². The Morgan fingerprint density at radius 1 is 1.17 bits per heavy atom. The Balaban J connectivity index is 2.19. The molecule has 0 aliphatic heterocycles. The van der Waals surface area contributed by atoms with Gasteiger partial charge in [0.25, 0.3) is 0 Å². The third-order valence-corrected chi connectivity index (χ3v) is 4.68. The van der Waals surface area contributed by atoms with Crippen LogP contribution < -0.4 is 5.32 Å². The molecule has 18 heavy (non-hydrogen) atoms. The van der Waals surface area contributed by atoms with Gasteiger partial charge in [-0.2, -0.15) is 0 Å². The van der Waals surface area contributed by atoms with Gasteiger partial charge in [0.15, 0.2) is 0 Å². The second-order valence-corrected chi connectivity index (χ2v) is 6.05. The van der Waals surface area contributed by atoms with Gasteiger partial charge in [-0.15, -0.1) is 11.6 Å². The lowest BCUT2D eigenvalue weighted by molar-refractivity contribution is -0.121. The molecule has 1 aliphatic rings. The minimum Gasteiger partial charge on any atom is -0.356 e. The molecule has 0 aromatic rings. The van der Waals surface area contributed by atoms with Crippen molar-refractivity contribution in [3.63, 3.8) is 0 Å². The second kappa shape index (κ2) is 8.79. The summed E-state index contributed by atoms with van der Waals surface area (Å²) >= 11 is 6.11. The van der Waals surface area contributed by atoms with Crippen LogP contribution in [0.1, 0.15) is 71.1 Å². The summed E-state index contributed by atoms with van der Waals surface area (Å²) in [5, 5.41) is 3.10. The highest BCUT2D eigenvalue weighted by Gasteiger charge is 2.31. The van der Waals surface area contributed by atoms with Crippen LogP contribution >= 0.6 is 11.6 Å². The summed E-state index contributed by atoms with van der Waals surface area (Å²) in [7, 11) is 0. The van der Waals surface area contributed by atoms with Gasteiger partial charge >= 0.3 is 0 Å². The average molecular weight is 274 g/mol. The largest absolute Gasteiger partial charge is 0.356 e. The van der Waals surface area contributed by atoms with E-state index in [-0.39, 0.29) is 11.3 Å². The van der Waals surface area contributed by atoms with Crippen molar-refractivity contribution in [2.45, 2.75) is 71.1 Å². The highest BCUT2D eigenvalue weighted by molar-refractivity contribution is 6.18. The van der Waals surface area contributed by atoms with Gasteiger partial charge in [-0.1, -0.05) is 45.4 Å². The van der Waals surface area contributed by atoms with Crippen molar-refractivity contribution in [2.24, 2.45) is 5.41 Å². The van der Waals surface area contributed by atoms with Crippen LogP contribution in [-0.4, -0.2) is 18.3 Å². The maximum atomic E-state index is 11.8. The lowest BCUT2D eigenvalue weighted by Gasteiger charge is -2.35. The summed E-state index contributed by atoms with van der Waals surface area (Å²) in [4.78, 5) is 11.8. The predicted octanol–water partition coefficient (Wildman–Crippen LogP) is 4.26. The maximum absolute atomic E-state index is 11.8. The molecule has 1 fully saturated rings. The molecule has 0 unspecified atom stereocenters. The predicted molar refractivity (Wildman–Crippen MR) is 78.0 cm³/mol. The summed E-state index contributed by atoms with van der Waals surface area (Å²) in [6.07, 6.45) is 11.5. The molecule has 0 spiro atoms. The van der Waals surface area contributed by atoms with Crippen molar-refractivity contribution in [1.82, 2.24) is 5.32 Å². The molecule has 106 valence electrons. The van der Waals surface area contributed by atoms with Crippen LogP contribution in [0.4, 0.5) is 0 Å². The van der Waals surface area contributed by atoms with E-state index in [0.717, 1.165) is 13.0 Å². The van der Waals surface area contributed by atoms with E-state index in [1.165, 1.54) is 51.4 Å². The molecular formula is C15H28ClNO. The Hall–Kier alpha value is -0.240. The summed E-state index contributed by atoms with van der Waals surface area (Å²) in [5.74, 6) is 0.893. The van der Waals surface area contributed by atoms with Gasteiger partial charge in [-0.05, 0) is 19.3 Å². The number of hydrogen-bond donors (Lipinski definition) is 1. The van der Waals surface area contributed by atoms with Crippen LogP contribution in [0.3, 0.4) is 0 Å². The molecule has 1 amide bonds. The number of carbonyl (C=O) groups excluding carboxylic acids is 1. The highest BCUT2D eigenvalue weighted by Crippen LogP contribution is 2.36. The first-order valence-corrected chi connectivity index (χ1v) is 8.08. The van der Waals surface area contributed by atoms with Crippen LogP contribution in [0.2, 0.25) is 0 Å². The van der Waals surface area contributed by atoms with Gasteiger partial charge in [0.05, 0.1) is 0 Å². The molecule has 0 aromatic heterocycles. The Morgan fingerprint density at radius 3 is 2.50 bits per heavy atom. The van der Waals surface area contributed by atoms with Gasteiger partial charge < -0.3 is 5.32 Å². The Labute approximate surface area is 117 Å². The molecule has 0 heterocycles. The van der Waals surface area contributed by atoms with E-state index in [1.807, 2.05) is 0 Å². The molecule has 0 aromatic carbocycles. The van der Waals surface area contributed by atoms with Crippen molar-refractivity contribution in [2.75, 3.05) is 12.4 Å². The summed E-state index contributed by atoms with van der Waals surface area (Å²) in [6, 6.07) is 0. The minimum atomic E-state index is 0.179. The first-order valence-electron chi connectivity index (χ1n) is 7.55. The van der Waals surface area contributed by atoms with E-state index in [4.69, 9.17) is 11.6 Å². The zero-order chi connectivity index (χ0) is 13.3. The van der Waals surface area contributed by atoms with E-state index in [9.17, 15) is 4.79 Å². The van der Waals surface area contributed by atoms with Gasteiger partial charge in [0.2, 0.25) is 5.91 Å². The lowest BCUT2D eigenvalue weighted by Crippen LogP contribution is -2.40. The summed E-state index contributed by atoms with van der Waals surface area (Å²) < 4.78 is 0. The fourth-order valence-corrected chi connectivity index (χ4v) is 3.11. The zero-order valence-corrected chi connectivity index (χ0v) is 12.5. The van der Waals surface area contributed by atoms with Crippen molar-refractivity contribution in [3.05, 3.63) is 0 Å². The first-order chi connectivity index (χ1) is 8.72. The molecule has 0 bridgehead atoms. The van der Waals surface area contributed by atoms with E-state index >= 15 is 0 Å². The fraction of sp³-hybridized carbons (Fsp3) is 0.933. The van der Waals surface area contributed by atoms with Crippen LogP contribution in [-0.2, 0) is 4.79 Å². The topological polar surface area (TPSA) is 29.1 Å². The monoisotopic (exact) mass is 273 g/mol. The number of rotatable bonds is 8. The normalized spacial score (nSPS) is 18.6. The van der Waals surface area contributed by atoms with Crippen molar-refractivity contribution in [3.8, 4) is 0 Å². The van der Waals surface area contributed by atoms with E-state index in [1.54, 1.807) is 0 Å². The summed E-state index contributed by atoms with van der Waals surface area (Å²) in [5.41, 5.74) is 0.179. The highest BCUT2D eigenvalue weighted by atomic mass is 35.5. The zero-order valence-electron chi connectivity index (χ0n) is 11.8. The van der Waals surface area contributed by atoms with Gasteiger partial charge in [-0.25, -0.2) is 0 Å². The third kappa shape index (κ3) is 5.60.